The van der Waals surface area contributed by atoms with E-state index in [0.717, 1.165) is 16.5 Å². The third-order valence-corrected chi connectivity index (χ3v) is 3.95. The zero-order chi connectivity index (χ0) is 19.1. The van der Waals surface area contributed by atoms with Crippen LogP contribution in [-0.4, -0.2) is 31.5 Å². The van der Waals surface area contributed by atoms with Gasteiger partial charge in [0.1, 0.15) is 18.2 Å². The molecule has 0 aliphatic heterocycles. The van der Waals surface area contributed by atoms with Crippen LogP contribution in [0.3, 0.4) is 0 Å². The Kier molecular flexibility index (Phi) is 5.99. The van der Waals surface area contributed by atoms with Crippen LogP contribution in [0.2, 0.25) is 0 Å². The number of hydrogen-bond acceptors (Lipinski definition) is 3. The van der Waals surface area contributed by atoms with Crippen LogP contribution in [-0.2, 0) is 4.79 Å². The molecule has 0 saturated heterocycles. The molecular weight excluding hydrogens is 347 g/mol. The van der Waals surface area contributed by atoms with Gasteiger partial charge in [-0.3, -0.25) is 9.59 Å². The van der Waals surface area contributed by atoms with Crippen molar-refractivity contribution in [3.8, 4) is 5.75 Å². The van der Waals surface area contributed by atoms with Gasteiger partial charge >= 0.3 is 0 Å². The predicted molar refractivity (Wildman–Crippen MR) is 101 cm³/mol. The molecule has 138 valence electrons. The second kappa shape index (κ2) is 8.80. The highest BCUT2D eigenvalue weighted by Crippen LogP contribution is 2.24. The van der Waals surface area contributed by atoms with Gasteiger partial charge in [-0.25, -0.2) is 4.39 Å². The topological polar surface area (TPSA) is 67.4 Å². The number of carbonyl (C=O) groups excluding carboxylic acids is 2. The SMILES string of the molecule is O=C(CNC(=O)c1ccc(F)cc1)NCCOc1cccc2ccccc12. The van der Waals surface area contributed by atoms with Gasteiger partial charge < -0.3 is 15.4 Å². The standard InChI is InChI=1S/C21H19FN2O3/c22-17-10-8-16(9-11-17)21(26)24-14-20(25)23-12-13-27-19-7-3-5-15-4-1-2-6-18(15)19/h1-11H,12-14H2,(H,23,25)(H,24,26). The van der Waals surface area contributed by atoms with Crippen LogP contribution in [0.5, 0.6) is 5.75 Å². The molecule has 5 nitrogen and oxygen atoms in total. The molecule has 3 aromatic carbocycles. The van der Waals surface area contributed by atoms with Gasteiger partial charge in [0, 0.05) is 10.9 Å². The summed E-state index contributed by atoms with van der Waals surface area (Å²) in [6, 6.07) is 18.8. The van der Waals surface area contributed by atoms with Crippen molar-refractivity contribution in [1.82, 2.24) is 10.6 Å². The summed E-state index contributed by atoms with van der Waals surface area (Å²) in [5.74, 6) is -0.424. The molecule has 6 heteroatoms. The fraction of sp³-hybridized carbons (Fsp3) is 0.143. The number of ether oxygens (including phenoxy) is 1. The third-order valence-electron chi connectivity index (χ3n) is 3.95. The van der Waals surface area contributed by atoms with Crippen molar-refractivity contribution in [2.45, 2.75) is 0 Å². The molecule has 0 unspecified atom stereocenters. The lowest BCUT2D eigenvalue weighted by atomic mass is 10.1. The Balaban J connectivity index is 1.40. The molecule has 27 heavy (non-hydrogen) atoms. The van der Waals surface area contributed by atoms with E-state index in [2.05, 4.69) is 10.6 Å². The molecule has 0 atom stereocenters. The summed E-state index contributed by atoms with van der Waals surface area (Å²) in [4.78, 5) is 23.7. The van der Waals surface area contributed by atoms with E-state index in [9.17, 15) is 14.0 Å². The summed E-state index contributed by atoms with van der Waals surface area (Å²) in [5.41, 5.74) is 0.295. The van der Waals surface area contributed by atoms with Gasteiger partial charge in [0.25, 0.3) is 5.91 Å². The lowest BCUT2D eigenvalue weighted by Crippen LogP contribution is -2.38. The lowest BCUT2D eigenvalue weighted by Gasteiger charge is -2.10. The number of rotatable bonds is 7. The quantitative estimate of drug-likeness (QED) is 0.632. The Morgan fingerprint density at radius 3 is 2.44 bits per heavy atom. The Hall–Kier alpha value is -3.41. The number of fused-ring (bicyclic) bond motifs is 1. The Morgan fingerprint density at radius 2 is 1.63 bits per heavy atom. The Labute approximate surface area is 156 Å². The van der Waals surface area contributed by atoms with Crippen LogP contribution in [0.1, 0.15) is 10.4 Å². The molecule has 0 aliphatic carbocycles. The lowest BCUT2D eigenvalue weighted by molar-refractivity contribution is -0.120. The first-order chi connectivity index (χ1) is 13.1. The first-order valence-electron chi connectivity index (χ1n) is 8.54. The zero-order valence-corrected chi connectivity index (χ0v) is 14.6. The maximum absolute atomic E-state index is 12.8. The minimum atomic E-state index is -0.433. The number of halogens is 1. The second-order valence-electron chi connectivity index (χ2n) is 5.87. The van der Waals surface area contributed by atoms with Crippen molar-refractivity contribution in [3.63, 3.8) is 0 Å². The summed E-state index contributed by atoms with van der Waals surface area (Å²) < 4.78 is 18.6. The molecule has 0 aliphatic rings. The maximum atomic E-state index is 12.8. The zero-order valence-electron chi connectivity index (χ0n) is 14.6. The molecule has 0 heterocycles. The molecule has 0 fully saturated rings. The van der Waals surface area contributed by atoms with E-state index in [1.165, 1.54) is 24.3 Å². The van der Waals surface area contributed by atoms with Crippen LogP contribution >= 0.6 is 0 Å². The average Bonchev–Trinajstić information content (AvgIpc) is 2.70. The maximum Gasteiger partial charge on any atom is 0.251 e. The van der Waals surface area contributed by atoms with E-state index in [4.69, 9.17) is 4.74 Å². The van der Waals surface area contributed by atoms with Crippen LogP contribution in [0.4, 0.5) is 4.39 Å². The average molecular weight is 366 g/mol. The van der Waals surface area contributed by atoms with Gasteiger partial charge in [0.15, 0.2) is 0 Å². The minimum absolute atomic E-state index is 0.162. The summed E-state index contributed by atoms with van der Waals surface area (Å²) in [5, 5.41) is 7.26. The number of carbonyl (C=O) groups is 2. The van der Waals surface area contributed by atoms with Crippen molar-refractivity contribution in [2.75, 3.05) is 19.7 Å². The molecule has 0 spiro atoms. The fourth-order valence-electron chi connectivity index (χ4n) is 2.60. The molecule has 0 radical (unpaired) electrons. The van der Waals surface area contributed by atoms with Crippen molar-refractivity contribution in [2.24, 2.45) is 0 Å². The van der Waals surface area contributed by atoms with E-state index in [1.54, 1.807) is 0 Å². The van der Waals surface area contributed by atoms with E-state index >= 15 is 0 Å². The largest absolute Gasteiger partial charge is 0.491 e. The van der Waals surface area contributed by atoms with Crippen molar-refractivity contribution < 1.29 is 18.7 Å². The number of amides is 2. The number of hydrogen-bond donors (Lipinski definition) is 2. The molecule has 3 rings (SSSR count). The molecule has 0 aromatic heterocycles. The molecule has 2 N–H and O–H groups in total. The molecule has 3 aromatic rings. The summed E-state index contributed by atoms with van der Waals surface area (Å²) in [6.07, 6.45) is 0. The first-order valence-corrected chi connectivity index (χ1v) is 8.54. The van der Waals surface area contributed by atoms with Gasteiger partial charge in [-0.05, 0) is 35.7 Å². The monoisotopic (exact) mass is 366 g/mol. The smallest absolute Gasteiger partial charge is 0.251 e. The summed E-state index contributed by atoms with van der Waals surface area (Å²) in [7, 11) is 0. The van der Waals surface area contributed by atoms with Gasteiger partial charge in [-0.2, -0.15) is 0 Å². The predicted octanol–water partition coefficient (Wildman–Crippen LogP) is 2.90. The van der Waals surface area contributed by atoms with Gasteiger partial charge in [0.2, 0.25) is 5.91 Å². The molecule has 0 saturated carbocycles. The van der Waals surface area contributed by atoms with Gasteiger partial charge in [-0.1, -0.05) is 36.4 Å². The van der Waals surface area contributed by atoms with Gasteiger partial charge in [-0.15, -0.1) is 0 Å². The third kappa shape index (κ3) is 5.04. The van der Waals surface area contributed by atoms with Crippen LogP contribution in [0, 0.1) is 5.82 Å². The number of nitrogens with one attached hydrogen (secondary N) is 2. The summed E-state index contributed by atoms with van der Waals surface area (Å²) in [6.45, 7) is 0.463. The van der Waals surface area contributed by atoms with Crippen LogP contribution in [0.15, 0.2) is 66.7 Å². The summed E-state index contributed by atoms with van der Waals surface area (Å²) >= 11 is 0. The molecular formula is C21H19FN2O3. The first kappa shape index (κ1) is 18.4. The number of benzene rings is 3. The Morgan fingerprint density at radius 1 is 0.889 bits per heavy atom. The highest BCUT2D eigenvalue weighted by molar-refractivity contribution is 5.96. The van der Waals surface area contributed by atoms with E-state index in [1.807, 2.05) is 42.5 Å². The van der Waals surface area contributed by atoms with Crippen molar-refractivity contribution >= 4 is 22.6 Å². The van der Waals surface area contributed by atoms with E-state index in [0.29, 0.717) is 18.7 Å². The highest BCUT2D eigenvalue weighted by atomic mass is 19.1. The van der Waals surface area contributed by atoms with Crippen molar-refractivity contribution in [3.05, 3.63) is 78.1 Å². The highest BCUT2D eigenvalue weighted by Gasteiger charge is 2.08. The van der Waals surface area contributed by atoms with E-state index in [-0.39, 0.29) is 12.5 Å². The van der Waals surface area contributed by atoms with E-state index < -0.39 is 11.7 Å². The minimum Gasteiger partial charge on any atom is -0.491 e. The second-order valence-corrected chi connectivity index (χ2v) is 5.87. The van der Waals surface area contributed by atoms with Crippen LogP contribution < -0.4 is 15.4 Å². The van der Waals surface area contributed by atoms with Crippen molar-refractivity contribution in [1.29, 1.82) is 0 Å². The Bertz CT molecular complexity index is 936. The van der Waals surface area contributed by atoms with Gasteiger partial charge in [0.05, 0.1) is 13.1 Å². The normalized spacial score (nSPS) is 10.4. The molecule has 2 amide bonds. The fourth-order valence-corrected chi connectivity index (χ4v) is 2.60. The molecule has 0 bridgehead atoms. The van der Waals surface area contributed by atoms with Crippen LogP contribution in [0.25, 0.3) is 10.8 Å².